The highest BCUT2D eigenvalue weighted by Crippen LogP contribution is 2.28. The van der Waals surface area contributed by atoms with E-state index in [1.165, 1.54) is 21.6 Å². The number of aryl methyl sites for hydroxylation is 2. The number of nitrogens with zero attached hydrogens (tertiary/aromatic N) is 2. The predicted molar refractivity (Wildman–Crippen MR) is 101 cm³/mol. The minimum Gasteiger partial charge on any atom is -0.304 e. The highest BCUT2D eigenvalue weighted by Gasteiger charge is 2.12. The molecule has 0 aliphatic heterocycles. The van der Waals surface area contributed by atoms with Crippen molar-refractivity contribution in [1.82, 2.24) is 15.3 Å². The molecule has 24 heavy (non-hydrogen) atoms. The summed E-state index contributed by atoms with van der Waals surface area (Å²) in [5.74, 6) is 0. The van der Waals surface area contributed by atoms with Crippen molar-refractivity contribution in [3.8, 4) is 10.6 Å². The molecule has 0 unspecified atom stereocenters. The Balaban J connectivity index is 1.70. The van der Waals surface area contributed by atoms with Crippen LogP contribution < -0.4 is 5.32 Å². The Hall–Kier alpha value is -2.04. The number of hydrogen-bond acceptors (Lipinski definition) is 4. The van der Waals surface area contributed by atoms with E-state index >= 15 is 0 Å². The smallest absolute Gasteiger partial charge is 0.123 e. The lowest BCUT2D eigenvalue weighted by Gasteiger charge is -2.16. The van der Waals surface area contributed by atoms with Crippen LogP contribution in [0.15, 0.2) is 48.8 Å². The first-order chi connectivity index (χ1) is 11.7. The first kappa shape index (κ1) is 16.8. The Morgan fingerprint density at radius 1 is 1.12 bits per heavy atom. The summed E-state index contributed by atoms with van der Waals surface area (Å²) in [5, 5.41) is 4.71. The van der Waals surface area contributed by atoms with Crippen LogP contribution in [0.25, 0.3) is 10.6 Å². The average molecular weight is 337 g/mol. The molecule has 0 amide bonds. The van der Waals surface area contributed by atoms with Crippen molar-refractivity contribution in [2.45, 2.75) is 39.8 Å². The van der Waals surface area contributed by atoms with E-state index in [1.54, 1.807) is 11.3 Å². The third-order valence-corrected chi connectivity index (χ3v) is 5.18. The van der Waals surface area contributed by atoms with E-state index < -0.39 is 0 Å². The van der Waals surface area contributed by atoms with Crippen molar-refractivity contribution in [2.24, 2.45) is 0 Å². The Morgan fingerprint density at radius 2 is 1.96 bits per heavy atom. The van der Waals surface area contributed by atoms with Crippen LogP contribution >= 0.6 is 11.3 Å². The van der Waals surface area contributed by atoms with Crippen LogP contribution in [-0.2, 0) is 6.54 Å². The van der Waals surface area contributed by atoms with Gasteiger partial charge in [-0.25, -0.2) is 4.98 Å². The third kappa shape index (κ3) is 3.89. The number of aromatic nitrogens is 2. The molecular weight excluding hydrogens is 314 g/mol. The van der Waals surface area contributed by atoms with Gasteiger partial charge >= 0.3 is 0 Å². The third-order valence-electron chi connectivity index (χ3n) is 4.15. The zero-order valence-electron chi connectivity index (χ0n) is 14.4. The highest BCUT2D eigenvalue weighted by atomic mass is 32.1. The molecule has 3 nitrogen and oxygen atoms in total. The first-order valence-corrected chi connectivity index (χ1v) is 9.15. The summed E-state index contributed by atoms with van der Waals surface area (Å²) >= 11 is 1.76. The van der Waals surface area contributed by atoms with Gasteiger partial charge in [-0.3, -0.25) is 4.98 Å². The van der Waals surface area contributed by atoms with Crippen LogP contribution in [-0.4, -0.2) is 9.97 Å². The maximum atomic E-state index is 4.60. The zero-order chi connectivity index (χ0) is 16.9. The second kappa shape index (κ2) is 7.69. The summed E-state index contributed by atoms with van der Waals surface area (Å²) in [5.41, 5.74) is 4.85. The van der Waals surface area contributed by atoms with E-state index in [0.29, 0.717) is 0 Å². The lowest BCUT2D eigenvalue weighted by Crippen LogP contribution is -2.20. The molecule has 1 atom stereocenters. The summed E-state index contributed by atoms with van der Waals surface area (Å²) in [6, 6.07) is 12.9. The fraction of sp³-hybridized carbons (Fsp3) is 0.300. The Morgan fingerprint density at radius 3 is 2.71 bits per heavy atom. The molecule has 1 aromatic carbocycles. The molecule has 3 rings (SSSR count). The molecule has 1 N–H and O–H groups in total. The Kier molecular flexibility index (Phi) is 5.38. The number of thiazole rings is 1. The molecule has 3 aromatic rings. The van der Waals surface area contributed by atoms with Crippen molar-refractivity contribution in [2.75, 3.05) is 0 Å². The van der Waals surface area contributed by atoms with E-state index in [0.717, 1.165) is 23.7 Å². The molecule has 0 fully saturated rings. The molecule has 124 valence electrons. The summed E-state index contributed by atoms with van der Waals surface area (Å²) in [7, 11) is 0. The van der Waals surface area contributed by atoms with Crippen LogP contribution in [0.5, 0.6) is 0 Å². The Bertz CT molecular complexity index is 810. The molecule has 2 heterocycles. The molecule has 0 aliphatic rings. The fourth-order valence-electron chi connectivity index (χ4n) is 2.76. The standard InChI is InChI=1S/C20H23N3S/c1-4-18(19-11-14(2)9-10-21-19)22-12-16-13-23-20(24-16)17-8-6-5-7-15(17)3/h5-11,13,18,22H,4,12H2,1-3H3/t18-/m1/s1. The van der Waals surface area contributed by atoms with Crippen LogP contribution in [0.3, 0.4) is 0 Å². The summed E-state index contributed by atoms with van der Waals surface area (Å²) in [6.07, 6.45) is 4.88. The lowest BCUT2D eigenvalue weighted by molar-refractivity contribution is 0.509. The minimum atomic E-state index is 0.272. The van der Waals surface area contributed by atoms with E-state index in [9.17, 15) is 0 Å². The Labute approximate surface area is 147 Å². The van der Waals surface area contributed by atoms with Crippen molar-refractivity contribution in [3.63, 3.8) is 0 Å². The van der Waals surface area contributed by atoms with Gasteiger partial charge in [0.05, 0.1) is 5.69 Å². The maximum absolute atomic E-state index is 4.60. The number of rotatable bonds is 6. The van der Waals surface area contributed by atoms with Crippen molar-refractivity contribution >= 4 is 11.3 Å². The van der Waals surface area contributed by atoms with Crippen molar-refractivity contribution in [1.29, 1.82) is 0 Å². The average Bonchev–Trinajstić information content (AvgIpc) is 3.05. The molecule has 0 saturated carbocycles. The topological polar surface area (TPSA) is 37.8 Å². The van der Waals surface area contributed by atoms with E-state index in [1.807, 2.05) is 18.5 Å². The molecule has 0 radical (unpaired) electrons. The zero-order valence-corrected chi connectivity index (χ0v) is 15.2. The van der Waals surface area contributed by atoms with Crippen LogP contribution in [0.4, 0.5) is 0 Å². The number of hydrogen-bond donors (Lipinski definition) is 1. The summed E-state index contributed by atoms with van der Waals surface area (Å²) < 4.78 is 0. The van der Waals surface area contributed by atoms with Gasteiger partial charge in [-0.15, -0.1) is 11.3 Å². The fourth-order valence-corrected chi connectivity index (χ4v) is 3.71. The number of pyridine rings is 1. The first-order valence-electron chi connectivity index (χ1n) is 8.34. The van der Waals surface area contributed by atoms with Gasteiger partial charge in [0, 0.05) is 35.4 Å². The SMILES string of the molecule is CC[C@@H](NCc1cnc(-c2ccccc2C)s1)c1cc(C)ccn1. The molecule has 0 spiro atoms. The second-order valence-corrected chi connectivity index (χ2v) is 7.16. The van der Waals surface area contributed by atoms with Crippen LogP contribution in [0.2, 0.25) is 0 Å². The van der Waals surface area contributed by atoms with Crippen LogP contribution in [0, 0.1) is 13.8 Å². The van der Waals surface area contributed by atoms with Gasteiger partial charge < -0.3 is 5.32 Å². The largest absolute Gasteiger partial charge is 0.304 e. The van der Waals surface area contributed by atoms with E-state index in [2.05, 4.69) is 66.4 Å². The van der Waals surface area contributed by atoms with Gasteiger partial charge in [0.1, 0.15) is 5.01 Å². The molecule has 0 aliphatic carbocycles. The summed E-state index contributed by atoms with van der Waals surface area (Å²) in [6.45, 7) is 7.24. The normalized spacial score (nSPS) is 12.3. The maximum Gasteiger partial charge on any atom is 0.123 e. The molecule has 4 heteroatoms. The van der Waals surface area contributed by atoms with E-state index in [-0.39, 0.29) is 6.04 Å². The predicted octanol–water partition coefficient (Wildman–Crippen LogP) is 5.06. The van der Waals surface area contributed by atoms with Crippen LogP contribution in [0.1, 0.15) is 41.1 Å². The molecule has 2 aromatic heterocycles. The van der Waals surface area contributed by atoms with Gasteiger partial charge in [-0.2, -0.15) is 0 Å². The lowest BCUT2D eigenvalue weighted by atomic mass is 10.1. The van der Waals surface area contributed by atoms with Gasteiger partial charge in [-0.05, 0) is 43.5 Å². The molecule has 0 saturated heterocycles. The molecule has 0 bridgehead atoms. The van der Waals surface area contributed by atoms with Crippen molar-refractivity contribution < 1.29 is 0 Å². The quantitative estimate of drug-likeness (QED) is 0.683. The van der Waals surface area contributed by atoms with Gasteiger partial charge in [0.2, 0.25) is 0 Å². The van der Waals surface area contributed by atoms with E-state index in [4.69, 9.17) is 0 Å². The second-order valence-electron chi connectivity index (χ2n) is 6.05. The minimum absolute atomic E-state index is 0.272. The van der Waals surface area contributed by atoms with Gasteiger partial charge in [0.25, 0.3) is 0 Å². The van der Waals surface area contributed by atoms with Gasteiger partial charge in [-0.1, -0.05) is 31.2 Å². The van der Waals surface area contributed by atoms with Crippen molar-refractivity contribution in [3.05, 3.63) is 70.5 Å². The monoisotopic (exact) mass is 337 g/mol. The highest BCUT2D eigenvalue weighted by molar-refractivity contribution is 7.15. The molecular formula is C20H23N3S. The number of benzene rings is 1. The summed E-state index contributed by atoms with van der Waals surface area (Å²) in [4.78, 5) is 10.4. The van der Waals surface area contributed by atoms with Gasteiger partial charge in [0.15, 0.2) is 0 Å². The number of nitrogens with one attached hydrogen (secondary N) is 1.